The van der Waals surface area contributed by atoms with Crippen LogP contribution in [-0.2, 0) is 0 Å². The number of hydrogen-bond donors (Lipinski definition) is 0. The van der Waals surface area contributed by atoms with Gasteiger partial charge in [-0.15, -0.1) is 0 Å². The van der Waals surface area contributed by atoms with E-state index in [0.717, 1.165) is 139 Å². The van der Waals surface area contributed by atoms with E-state index in [4.69, 9.17) is 39.9 Å². The Bertz CT molecular complexity index is 5430. The first-order valence-electron chi connectivity index (χ1n) is 34.8. The Morgan fingerprint density at radius 2 is 0.337 bits per heavy atom. The third kappa shape index (κ3) is 13.7. The molecule has 0 saturated carbocycles. The maximum atomic E-state index is 5.15. The topological polar surface area (TPSA) is 103 Å². The fourth-order valence-corrected chi connectivity index (χ4v) is 13.3. The van der Waals surface area contributed by atoms with Crippen molar-refractivity contribution in [3.8, 4) is 158 Å². The Kier molecular flexibility index (Phi) is 17.7. The zero-order chi connectivity index (χ0) is 69.4. The Morgan fingerprint density at radius 1 is 0.125 bits per heavy atom. The lowest BCUT2D eigenvalue weighted by molar-refractivity contribution is 1.07. The van der Waals surface area contributed by atoms with Crippen LogP contribution in [0.5, 0.6) is 0 Å². The van der Waals surface area contributed by atoms with Crippen molar-refractivity contribution in [3.05, 3.63) is 388 Å². The number of aromatic nitrogens is 8. The van der Waals surface area contributed by atoms with Crippen molar-refractivity contribution < 1.29 is 0 Å². The molecule has 0 aliphatic rings. The maximum Gasteiger partial charge on any atom is 0.164 e. The third-order valence-electron chi connectivity index (χ3n) is 18.6. The van der Waals surface area contributed by atoms with Crippen molar-refractivity contribution >= 4 is 21.5 Å². The van der Waals surface area contributed by atoms with Crippen molar-refractivity contribution in [2.75, 3.05) is 0 Å². The molecule has 104 heavy (non-hydrogen) atoms. The quantitative estimate of drug-likeness (QED) is 0.106. The van der Waals surface area contributed by atoms with Crippen molar-refractivity contribution in [2.45, 2.75) is 0 Å². The van der Waals surface area contributed by atoms with Gasteiger partial charge in [-0.3, -0.25) is 0 Å². The molecule has 4 heterocycles. The SMILES string of the molecule is c1ccc(-c2cc(-c3ccc(-c4cc(-c5nc(-c6ccccc6)nc(-c6ccccc6)n5)cc5ccccc45)cc3)cc(-c3ccccc3)n2)cc1.c1ccc(-c2cc(-c3ccccc3)nc(-c3ccc(-c4cc(-c5nc(-c6ccccc6)nc(-c6ccccc6)n5)cc5ccccc45)cc3)c2)cc1. The summed E-state index contributed by atoms with van der Waals surface area (Å²) < 4.78 is 0. The molecule has 8 heteroatoms. The normalized spacial score (nSPS) is 11.1. The first-order valence-corrected chi connectivity index (χ1v) is 34.8. The second-order valence-electron chi connectivity index (χ2n) is 25.4. The largest absolute Gasteiger partial charge is 0.248 e. The molecule has 0 amide bonds. The molecule has 0 fully saturated rings. The molecular formula is C96H64N8. The summed E-state index contributed by atoms with van der Waals surface area (Å²) in [4.78, 5) is 40.2. The molecule has 18 rings (SSSR count). The van der Waals surface area contributed by atoms with Gasteiger partial charge in [0.1, 0.15) is 0 Å². The Morgan fingerprint density at radius 3 is 0.635 bits per heavy atom. The van der Waals surface area contributed by atoms with Crippen LogP contribution >= 0.6 is 0 Å². The third-order valence-corrected chi connectivity index (χ3v) is 18.6. The fraction of sp³-hybridized carbons (Fsp3) is 0. The summed E-state index contributed by atoms with van der Waals surface area (Å²) in [5.74, 6) is 3.84. The van der Waals surface area contributed by atoms with Crippen LogP contribution in [0.2, 0.25) is 0 Å². The highest BCUT2D eigenvalue weighted by molar-refractivity contribution is 6.01. The van der Waals surface area contributed by atoms with E-state index in [0.29, 0.717) is 34.9 Å². The molecule has 4 aromatic heterocycles. The van der Waals surface area contributed by atoms with Crippen LogP contribution in [-0.4, -0.2) is 39.9 Å². The molecule has 14 aromatic carbocycles. The smallest absolute Gasteiger partial charge is 0.164 e. The number of rotatable bonds is 14. The Labute approximate surface area is 603 Å². The molecule has 0 bridgehead atoms. The van der Waals surface area contributed by atoms with Crippen LogP contribution in [0.1, 0.15) is 0 Å². The minimum absolute atomic E-state index is 0.631. The van der Waals surface area contributed by atoms with Gasteiger partial charge in [0.15, 0.2) is 34.9 Å². The van der Waals surface area contributed by atoms with E-state index >= 15 is 0 Å². The van der Waals surface area contributed by atoms with Gasteiger partial charge in [-0.05, 0) is 115 Å². The van der Waals surface area contributed by atoms with Crippen molar-refractivity contribution in [3.63, 3.8) is 0 Å². The molecule has 0 N–H and O–H groups in total. The molecule has 0 spiro atoms. The average molecular weight is 1330 g/mol. The van der Waals surface area contributed by atoms with Crippen molar-refractivity contribution in [1.82, 2.24) is 39.9 Å². The van der Waals surface area contributed by atoms with E-state index in [1.165, 1.54) is 5.39 Å². The predicted molar refractivity (Wildman–Crippen MR) is 426 cm³/mol. The second-order valence-corrected chi connectivity index (χ2v) is 25.4. The first-order chi connectivity index (χ1) is 51.5. The summed E-state index contributed by atoms with van der Waals surface area (Å²) >= 11 is 0. The minimum Gasteiger partial charge on any atom is -0.248 e. The van der Waals surface area contributed by atoms with Crippen LogP contribution in [0.25, 0.3) is 179 Å². The summed E-state index contributed by atoms with van der Waals surface area (Å²) in [6.45, 7) is 0. The highest BCUT2D eigenvalue weighted by Gasteiger charge is 2.19. The molecular weight excluding hydrogens is 1270 g/mol. The van der Waals surface area contributed by atoms with Crippen LogP contribution in [0.3, 0.4) is 0 Å². The van der Waals surface area contributed by atoms with Gasteiger partial charge in [-0.2, -0.15) is 0 Å². The number of fused-ring (bicyclic) bond motifs is 2. The zero-order valence-electron chi connectivity index (χ0n) is 56.5. The van der Waals surface area contributed by atoms with Gasteiger partial charge < -0.3 is 0 Å². The van der Waals surface area contributed by atoms with Crippen molar-refractivity contribution in [2.24, 2.45) is 0 Å². The summed E-state index contributed by atoms with van der Waals surface area (Å²) in [6, 6.07) is 134. The maximum absolute atomic E-state index is 5.15. The lowest BCUT2D eigenvalue weighted by Crippen LogP contribution is -2.00. The van der Waals surface area contributed by atoms with Gasteiger partial charge >= 0.3 is 0 Å². The standard InChI is InChI=1S/2C48H32N4/c1-5-15-35(16-6-1)44-31-40(32-45(49-44)36-17-7-2-8-18-36)33-25-27-34(28-26-33)43-30-41(29-39-23-13-14-24-42(39)43)48-51-46(37-19-9-3-10-20-37)50-47(52-48)38-21-11-4-12-22-38;1-5-15-33(16-6-1)40-31-44(35-17-7-2-8-18-35)49-45(32-40)36-27-25-34(26-28-36)43-30-41(29-39-23-13-14-24-42(39)43)48-51-46(37-19-9-3-10-20-37)50-47(52-48)38-21-11-4-12-22-38/h2*1-32H. The second kappa shape index (κ2) is 29.0. The highest BCUT2D eigenvalue weighted by atomic mass is 15.0. The van der Waals surface area contributed by atoms with Crippen LogP contribution in [0.15, 0.2) is 388 Å². The summed E-state index contributed by atoms with van der Waals surface area (Å²) in [5.41, 5.74) is 22.7. The van der Waals surface area contributed by atoms with E-state index in [1.54, 1.807) is 0 Å². The molecule has 0 aliphatic carbocycles. The van der Waals surface area contributed by atoms with Gasteiger partial charge in [0.05, 0.1) is 22.8 Å². The minimum atomic E-state index is 0.631. The Hall–Kier alpha value is -14.1. The molecule has 0 radical (unpaired) electrons. The van der Waals surface area contributed by atoms with Crippen molar-refractivity contribution in [1.29, 1.82) is 0 Å². The average Bonchev–Trinajstić information content (AvgIpc) is 0.784. The fourth-order valence-electron chi connectivity index (χ4n) is 13.3. The van der Waals surface area contributed by atoms with Crippen LogP contribution in [0.4, 0.5) is 0 Å². The van der Waals surface area contributed by atoms with Gasteiger partial charge in [-0.25, -0.2) is 39.9 Å². The van der Waals surface area contributed by atoms with Crippen LogP contribution < -0.4 is 0 Å². The molecule has 0 aliphatic heterocycles. The molecule has 18 aromatic rings. The predicted octanol–water partition coefficient (Wildman–Crippen LogP) is 24.2. The van der Waals surface area contributed by atoms with E-state index in [1.807, 2.05) is 146 Å². The van der Waals surface area contributed by atoms with Gasteiger partial charge in [0.2, 0.25) is 0 Å². The molecule has 8 nitrogen and oxygen atoms in total. The van der Waals surface area contributed by atoms with E-state index in [2.05, 4.69) is 243 Å². The van der Waals surface area contributed by atoms with E-state index < -0.39 is 0 Å². The lowest BCUT2D eigenvalue weighted by Gasteiger charge is -2.13. The Balaban J connectivity index is 0.000000154. The van der Waals surface area contributed by atoms with Gasteiger partial charge in [0.25, 0.3) is 0 Å². The summed E-state index contributed by atoms with van der Waals surface area (Å²) in [5, 5.41) is 4.57. The van der Waals surface area contributed by atoms with Gasteiger partial charge in [0, 0.05) is 55.6 Å². The monoisotopic (exact) mass is 1330 g/mol. The highest BCUT2D eigenvalue weighted by Crippen LogP contribution is 2.40. The number of nitrogens with zero attached hydrogens (tertiary/aromatic N) is 8. The molecule has 0 unspecified atom stereocenters. The summed E-state index contributed by atoms with van der Waals surface area (Å²) in [7, 11) is 0. The summed E-state index contributed by atoms with van der Waals surface area (Å²) in [6.07, 6.45) is 0. The van der Waals surface area contributed by atoms with Crippen LogP contribution in [0, 0.1) is 0 Å². The van der Waals surface area contributed by atoms with E-state index in [9.17, 15) is 0 Å². The molecule has 0 saturated heterocycles. The van der Waals surface area contributed by atoms with E-state index in [-0.39, 0.29) is 0 Å². The number of pyridine rings is 2. The van der Waals surface area contributed by atoms with Gasteiger partial charge in [-0.1, -0.05) is 340 Å². The molecule has 488 valence electrons. The number of hydrogen-bond acceptors (Lipinski definition) is 8. The number of benzene rings is 14. The first kappa shape index (κ1) is 63.4. The lowest BCUT2D eigenvalue weighted by atomic mass is 9.93. The molecule has 0 atom stereocenters. The zero-order valence-corrected chi connectivity index (χ0v) is 56.5.